The summed E-state index contributed by atoms with van der Waals surface area (Å²) in [5.41, 5.74) is 1.09. The molecule has 0 saturated heterocycles. The summed E-state index contributed by atoms with van der Waals surface area (Å²) in [7, 11) is 0. The molecule has 0 radical (unpaired) electrons. The minimum absolute atomic E-state index is 0.0597. The Morgan fingerprint density at radius 1 is 1.12 bits per heavy atom. The smallest absolute Gasteiger partial charge is 0.316 e. The number of rotatable bonds is 3. The van der Waals surface area contributed by atoms with E-state index in [2.05, 4.69) is 25.9 Å². The molecule has 0 fully saturated rings. The SMILES string of the molecule is CC(Oc1ncccn1)c1ccc(Br)cc1. The van der Waals surface area contributed by atoms with Crippen molar-refractivity contribution in [2.45, 2.75) is 13.0 Å². The van der Waals surface area contributed by atoms with Crippen molar-refractivity contribution in [3.63, 3.8) is 0 Å². The molecule has 0 aliphatic rings. The molecule has 16 heavy (non-hydrogen) atoms. The summed E-state index contributed by atoms with van der Waals surface area (Å²) in [4.78, 5) is 8.04. The third-order valence-electron chi connectivity index (χ3n) is 2.16. The highest BCUT2D eigenvalue weighted by Crippen LogP contribution is 2.20. The monoisotopic (exact) mass is 278 g/mol. The van der Waals surface area contributed by atoms with Crippen molar-refractivity contribution in [1.29, 1.82) is 0 Å². The number of hydrogen-bond acceptors (Lipinski definition) is 3. The average Bonchev–Trinajstić information content (AvgIpc) is 2.31. The van der Waals surface area contributed by atoms with Crippen LogP contribution in [-0.4, -0.2) is 9.97 Å². The van der Waals surface area contributed by atoms with E-state index in [-0.39, 0.29) is 6.10 Å². The fraction of sp³-hybridized carbons (Fsp3) is 0.167. The lowest BCUT2D eigenvalue weighted by Crippen LogP contribution is -2.05. The molecule has 0 bridgehead atoms. The molecule has 1 atom stereocenters. The van der Waals surface area contributed by atoms with Crippen LogP contribution >= 0.6 is 15.9 Å². The van der Waals surface area contributed by atoms with Gasteiger partial charge in [-0.2, -0.15) is 0 Å². The Labute approximate surface area is 103 Å². The normalized spacial score (nSPS) is 12.1. The Bertz CT molecular complexity index is 444. The first-order valence-electron chi connectivity index (χ1n) is 4.95. The second-order valence-corrected chi connectivity index (χ2v) is 4.26. The van der Waals surface area contributed by atoms with Crippen LogP contribution in [0.4, 0.5) is 0 Å². The van der Waals surface area contributed by atoms with Crippen LogP contribution in [0.2, 0.25) is 0 Å². The van der Waals surface area contributed by atoms with Gasteiger partial charge in [-0.1, -0.05) is 28.1 Å². The molecule has 1 aromatic carbocycles. The van der Waals surface area contributed by atoms with Crippen LogP contribution < -0.4 is 4.74 Å². The van der Waals surface area contributed by atoms with Gasteiger partial charge in [-0.15, -0.1) is 0 Å². The first-order valence-corrected chi connectivity index (χ1v) is 5.74. The highest BCUT2D eigenvalue weighted by atomic mass is 79.9. The van der Waals surface area contributed by atoms with Gasteiger partial charge in [0.2, 0.25) is 0 Å². The molecule has 4 heteroatoms. The summed E-state index contributed by atoms with van der Waals surface area (Å²) in [6.07, 6.45) is 3.27. The van der Waals surface area contributed by atoms with Crippen LogP contribution in [0.5, 0.6) is 6.01 Å². The lowest BCUT2D eigenvalue weighted by atomic mass is 10.1. The summed E-state index contributed by atoms with van der Waals surface area (Å²) in [5.74, 6) is 0. The van der Waals surface area contributed by atoms with Crippen LogP contribution in [0, 0.1) is 0 Å². The maximum atomic E-state index is 5.60. The lowest BCUT2D eigenvalue weighted by molar-refractivity contribution is 0.207. The Balaban J connectivity index is 2.09. The Kier molecular flexibility index (Phi) is 3.51. The second-order valence-electron chi connectivity index (χ2n) is 3.34. The molecule has 0 spiro atoms. The molecule has 2 aromatic rings. The third kappa shape index (κ3) is 2.79. The number of hydrogen-bond donors (Lipinski definition) is 0. The number of nitrogens with zero attached hydrogens (tertiary/aromatic N) is 2. The van der Waals surface area contributed by atoms with Gasteiger partial charge in [-0.3, -0.25) is 0 Å². The van der Waals surface area contributed by atoms with Crippen molar-refractivity contribution in [3.05, 3.63) is 52.8 Å². The molecule has 0 amide bonds. The molecule has 82 valence electrons. The third-order valence-corrected chi connectivity index (χ3v) is 2.69. The lowest BCUT2D eigenvalue weighted by Gasteiger charge is -2.12. The van der Waals surface area contributed by atoms with E-state index in [4.69, 9.17) is 4.74 Å². The number of ether oxygens (including phenoxy) is 1. The molecule has 0 aliphatic heterocycles. The predicted octanol–water partition coefficient (Wildman–Crippen LogP) is 3.38. The van der Waals surface area contributed by atoms with E-state index >= 15 is 0 Å². The summed E-state index contributed by atoms with van der Waals surface area (Å²) in [5, 5.41) is 0. The van der Waals surface area contributed by atoms with E-state index in [9.17, 15) is 0 Å². The van der Waals surface area contributed by atoms with E-state index in [0.29, 0.717) is 6.01 Å². The minimum atomic E-state index is -0.0597. The van der Waals surface area contributed by atoms with Crippen LogP contribution in [0.1, 0.15) is 18.6 Å². The topological polar surface area (TPSA) is 35.0 Å². The molecule has 3 nitrogen and oxygen atoms in total. The van der Waals surface area contributed by atoms with Crippen LogP contribution in [0.25, 0.3) is 0 Å². The van der Waals surface area contributed by atoms with E-state index in [1.807, 2.05) is 31.2 Å². The summed E-state index contributed by atoms with van der Waals surface area (Å²) >= 11 is 3.40. The van der Waals surface area contributed by atoms with Gasteiger partial charge in [-0.25, -0.2) is 9.97 Å². The Hall–Kier alpha value is -1.42. The zero-order valence-electron chi connectivity index (χ0n) is 8.80. The molecular formula is C12H11BrN2O. The maximum absolute atomic E-state index is 5.60. The van der Waals surface area contributed by atoms with Gasteiger partial charge in [0.15, 0.2) is 0 Å². The summed E-state index contributed by atoms with van der Waals surface area (Å²) in [6, 6.07) is 10.2. The standard InChI is InChI=1S/C12H11BrN2O/c1-9(10-3-5-11(13)6-4-10)16-12-14-7-2-8-15-12/h2-9H,1H3. The molecule has 1 heterocycles. The molecule has 0 N–H and O–H groups in total. The first-order chi connectivity index (χ1) is 7.75. The van der Waals surface area contributed by atoms with Crippen LogP contribution in [0.3, 0.4) is 0 Å². The molecule has 0 saturated carbocycles. The molecule has 0 aliphatic carbocycles. The molecular weight excluding hydrogens is 268 g/mol. The predicted molar refractivity (Wildman–Crippen MR) is 65.2 cm³/mol. The van der Waals surface area contributed by atoms with E-state index in [0.717, 1.165) is 10.0 Å². The molecule has 2 rings (SSSR count). The number of halogens is 1. The average molecular weight is 279 g/mol. The molecule has 1 unspecified atom stereocenters. The van der Waals surface area contributed by atoms with Crippen LogP contribution in [0.15, 0.2) is 47.2 Å². The van der Waals surface area contributed by atoms with Crippen molar-refractivity contribution in [2.24, 2.45) is 0 Å². The Morgan fingerprint density at radius 2 is 1.75 bits per heavy atom. The zero-order chi connectivity index (χ0) is 11.4. The highest BCUT2D eigenvalue weighted by Gasteiger charge is 2.07. The van der Waals surface area contributed by atoms with Crippen molar-refractivity contribution >= 4 is 15.9 Å². The largest absolute Gasteiger partial charge is 0.456 e. The van der Waals surface area contributed by atoms with Gasteiger partial charge in [0.05, 0.1) is 0 Å². The number of aromatic nitrogens is 2. The van der Waals surface area contributed by atoms with Gasteiger partial charge >= 0.3 is 6.01 Å². The summed E-state index contributed by atoms with van der Waals surface area (Å²) in [6.45, 7) is 1.97. The fourth-order valence-corrected chi connectivity index (χ4v) is 1.57. The van der Waals surface area contributed by atoms with Gasteiger partial charge < -0.3 is 4.74 Å². The van der Waals surface area contributed by atoms with Gasteiger partial charge in [-0.05, 0) is 30.7 Å². The van der Waals surface area contributed by atoms with Crippen molar-refractivity contribution in [3.8, 4) is 6.01 Å². The zero-order valence-corrected chi connectivity index (χ0v) is 10.4. The van der Waals surface area contributed by atoms with E-state index in [1.165, 1.54) is 0 Å². The van der Waals surface area contributed by atoms with Gasteiger partial charge in [0.25, 0.3) is 0 Å². The van der Waals surface area contributed by atoms with Gasteiger partial charge in [0.1, 0.15) is 6.10 Å². The quantitative estimate of drug-likeness (QED) is 0.864. The van der Waals surface area contributed by atoms with Crippen molar-refractivity contribution in [2.75, 3.05) is 0 Å². The van der Waals surface area contributed by atoms with E-state index < -0.39 is 0 Å². The van der Waals surface area contributed by atoms with Crippen molar-refractivity contribution in [1.82, 2.24) is 9.97 Å². The summed E-state index contributed by atoms with van der Waals surface area (Å²) < 4.78 is 6.66. The maximum Gasteiger partial charge on any atom is 0.316 e. The van der Waals surface area contributed by atoms with Crippen molar-refractivity contribution < 1.29 is 4.74 Å². The van der Waals surface area contributed by atoms with Gasteiger partial charge in [0, 0.05) is 16.9 Å². The Morgan fingerprint density at radius 3 is 2.38 bits per heavy atom. The highest BCUT2D eigenvalue weighted by molar-refractivity contribution is 9.10. The molecule has 1 aromatic heterocycles. The first kappa shape index (κ1) is 11.1. The minimum Gasteiger partial charge on any atom is -0.456 e. The van der Waals surface area contributed by atoms with E-state index in [1.54, 1.807) is 18.5 Å². The number of benzene rings is 1. The van der Waals surface area contributed by atoms with Crippen LogP contribution in [-0.2, 0) is 0 Å². The second kappa shape index (κ2) is 5.07. The fourth-order valence-electron chi connectivity index (χ4n) is 1.31.